The van der Waals surface area contributed by atoms with E-state index < -0.39 is 9.84 Å². The minimum absolute atomic E-state index is 0.00809. The minimum atomic E-state index is -3.87. The maximum atomic E-state index is 12.9. The molecule has 174 valence electrons. The number of hydrogen-bond donors (Lipinski definition) is 2. The predicted molar refractivity (Wildman–Crippen MR) is 130 cm³/mol. The molecule has 0 aliphatic carbocycles. The SMILES string of the molecule is COc1ccc(NC(=O)CSc2ncc(S(=O)(=O)c3ccc(C(C)C)cc3)c(N)n2)cc1Cl. The first-order valence-electron chi connectivity index (χ1n) is 9.85. The summed E-state index contributed by atoms with van der Waals surface area (Å²) >= 11 is 7.08. The van der Waals surface area contributed by atoms with E-state index in [0.29, 0.717) is 16.5 Å². The maximum Gasteiger partial charge on any atom is 0.234 e. The van der Waals surface area contributed by atoms with Crippen molar-refractivity contribution in [2.75, 3.05) is 23.9 Å². The number of ether oxygens (including phenoxy) is 1. The summed E-state index contributed by atoms with van der Waals surface area (Å²) in [5, 5.41) is 3.26. The van der Waals surface area contributed by atoms with Crippen LogP contribution in [0.5, 0.6) is 5.75 Å². The Morgan fingerprint density at radius 3 is 2.48 bits per heavy atom. The predicted octanol–water partition coefficient (Wildman–Crippen LogP) is 4.41. The Balaban J connectivity index is 1.67. The van der Waals surface area contributed by atoms with Crippen molar-refractivity contribution in [1.29, 1.82) is 0 Å². The highest BCUT2D eigenvalue weighted by Crippen LogP contribution is 2.29. The van der Waals surface area contributed by atoms with Crippen molar-refractivity contribution >= 4 is 50.6 Å². The molecule has 3 rings (SSSR count). The number of benzene rings is 2. The van der Waals surface area contributed by atoms with Crippen molar-refractivity contribution in [3.05, 3.63) is 59.2 Å². The second-order valence-corrected chi connectivity index (χ2v) is 10.6. The first-order valence-corrected chi connectivity index (χ1v) is 12.7. The number of nitrogens with two attached hydrogens (primary N) is 1. The quantitative estimate of drug-likeness (QED) is 0.340. The molecular formula is C22H23ClN4O4S2. The number of methoxy groups -OCH3 is 1. The summed E-state index contributed by atoms with van der Waals surface area (Å²) in [5.74, 6) is 0.281. The molecule has 0 saturated carbocycles. The molecule has 8 nitrogen and oxygen atoms in total. The Hall–Kier alpha value is -2.82. The number of carbonyl (C=O) groups excluding carboxylic acids is 1. The van der Waals surface area contributed by atoms with Gasteiger partial charge in [0, 0.05) is 5.69 Å². The fourth-order valence-corrected chi connectivity index (χ4v) is 5.01. The van der Waals surface area contributed by atoms with Crippen molar-refractivity contribution in [3.8, 4) is 5.75 Å². The van der Waals surface area contributed by atoms with Gasteiger partial charge in [0.2, 0.25) is 15.7 Å². The topological polar surface area (TPSA) is 124 Å². The fourth-order valence-electron chi connectivity index (χ4n) is 2.87. The molecule has 0 unspecified atom stereocenters. The number of carbonyl (C=O) groups is 1. The summed E-state index contributed by atoms with van der Waals surface area (Å²) in [5.41, 5.74) is 7.46. The fraction of sp³-hybridized carbons (Fsp3) is 0.227. The van der Waals surface area contributed by atoms with E-state index in [1.165, 1.54) is 7.11 Å². The first-order chi connectivity index (χ1) is 15.6. The van der Waals surface area contributed by atoms with Crippen molar-refractivity contribution in [2.45, 2.75) is 34.7 Å². The lowest BCUT2D eigenvalue weighted by molar-refractivity contribution is -0.113. The minimum Gasteiger partial charge on any atom is -0.495 e. The van der Waals surface area contributed by atoms with Gasteiger partial charge in [0.05, 0.1) is 29.0 Å². The van der Waals surface area contributed by atoms with Crippen LogP contribution in [0, 0.1) is 0 Å². The van der Waals surface area contributed by atoms with Gasteiger partial charge in [-0.2, -0.15) is 0 Å². The van der Waals surface area contributed by atoms with E-state index in [2.05, 4.69) is 15.3 Å². The number of thioether (sulfide) groups is 1. The average Bonchev–Trinajstić information content (AvgIpc) is 2.77. The van der Waals surface area contributed by atoms with Gasteiger partial charge < -0.3 is 15.8 Å². The molecular weight excluding hydrogens is 484 g/mol. The van der Waals surface area contributed by atoms with Crippen LogP contribution in [0.4, 0.5) is 11.5 Å². The van der Waals surface area contributed by atoms with E-state index in [-0.39, 0.29) is 38.3 Å². The van der Waals surface area contributed by atoms with Crippen LogP contribution in [0.1, 0.15) is 25.3 Å². The Labute approximate surface area is 201 Å². The summed E-state index contributed by atoms with van der Waals surface area (Å²) in [6.45, 7) is 4.05. The normalized spacial score (nSPS) is 11.4. The molecule has 0 saturated heterocycles. The van der Waals surface area contributed by atoms with Crippen molar-refractivity contribution < 1.29 is 17.9 Å². The molecule has 0 aliphatic rings. The lowest BCUT2D eigenvalue weighted by atomic mass is 10.0. The molecule has 0 fully saturated rings. The monoisotopic (exact) mass is 506 g/mol. The molecule has 1 amide bonds. The second-order valence-electron chi connectivity index (χ2n) is 7.32. The number of rotatable bonds is 8. The molecule has 0 aliphatic heterocycles. The smallest absolute Gasteiger partial charge is 0.234 e. The van der Waals surface area contributed by atoms with Crippen molar-refractivity contribution in [2.24, 2.45) is 0 Å². The highest BCUT2D eigenvalue weighted by atomic mass is 35.5. The highest BCUT2D eigenvalue weighted by Gasteiger charge is 2.23. The number of anilines is 2. The summed E-state index contributed by atoms with van der Waals surface area (Å²) in [6.07, 6.45) is 1.16. The van der Waals surface area contributed by atoms with Crippen molar-refractivity contribution in [3.63, 3.8) is 0 Å². The number of nitrogens with zero attached hydrogens (tertiary/aromatic N) is 2. The van der Waals surface area contributed by atoms with Crippen LogP contribution in [0.2, 0.25) is 5.02 Å². The standard InChI is InChI=1S/C22H23ClN4O4S2/c1-13(2)14-4-7-16(8-5-14)33(29,30)19-11-25-22(27-21(19)24)32-12-20(28)26-15-6-9-18(31-3)17(23)10-15/h4-11,13H,12H2,1-3H3,(H,26,28)(H2,24,25,27). The molecule has 0 spiro atoms. The summed E-state index contributed by atoms with van der Waals surface area (Å²) in [6, 6.07) is 11.5. The number of nitrogens with one attached hydrogen (secondary N) is 1. The lowest BCUT2D eigenvalue weighted by Crippen LogP contribution is -2.14. The summed E-state index contributed by atoms with van der Waals surface area (Å²) < 4.78 is 31.0. The molecule has 3 aromatic rings. The maximum absolute atomic E-state index is 12.9. The third-order valence-corrected chi connectivity index (χ3v) is 7.62. The van der Waals surface area contributed by atoms with Gasteiger partial charge in [0.25, 0.3) is 0 Å². The van der Waals surface area contributed by atoms with Gasteiger partial charge in [0.15, 0.2) is 5.16 Å². The zero-order valence-electron chi connectivity index (χ0n) is 18.2. The van der Waals surface area contributed by atoms with Gasteiger partial charge in [-0.1, -0.05) is 49.3 Å². The van der Waals surface area contributed by atoms with E-state index >= 15 is 0 Å². The van der Waals surface area contributed by atoms with Gasteiger partial charge in [-0.3, -0.25) is 4.79 Å². The second kappa shape index (κ2) is 10.4. The third kappa shape index (κ3) is 5.95. The molecule has 1 heterocycles. The number of halogens is 1. The number of sulfone groups is 1. The molecule has 0 bridgehead atoms. The number of nitrogen functional groups attached to an aromatic ring is 1. The number of amides is 1. The summed E-state index contributed by atoms with van der Waals surface area (Å²) in [7, 11) is -2.37. The van der Waals surface area contributed by atoms with Crippen LogP contribution >= 0.6 is 23.4 Å². The molecule has 11 heteroatoms. The molecule has 33 heavy (non-hydrogen) atoms. The average molecular weight is 507 g/mol. The van der Waals surface area contributed by atoms with E-state index in [0.717, 1.165) is 23.5 Å². The van der Waals surface area contributed by atoms with Gasteiger partial charge in [-0.05, 0) is 41.8 Å². The Kier molecular flexibility index (Phi) is 7.83. The largest absolute Gasteiger partial charge is 0.495 e. The van der Waals surface area contributed by atoms with E-state index in [1.807, 2.05) is 13.8 Å². The molecule has 0 radical (unpaired) electrons. The molecule has 1 aromatic heterocycles. The zero-order valence-corrected chi connectivity index (χ0v) is 20.6. The van der Waals surface area contributed by atoms with E-state index in [1.54, 1.807) is 42.5 Å². The molecule has 2 aromatic carbocycles. The Morgan fingerprint density at radius 1 is 1.21 bits per heavy atom. The van der Waals surface area contributed by atoms with Crippen LogP contribution in [0.3, 0.4) is 0 Å². The van der Waals surface area contributed by atoms with Crippen LogP contribution in [-0.2, 0) is 14.6 Å². The van der Waals surface area contributed by atoms with Crippen LogP contribution in [0.15, 0.2) is 63.6 Å². The Morgan fingerprint density at radius 2 is 1.91 bits per heavy atom. The third-order valence-electron chi connectivity index (χ3n) is 4.68. The van der Waals surface area contributed by atoms with Gasteiger partial charge in [-0.25, -0.2) is 18.4 Å². The van der Waals surface area contributed by atoms with Gasteiger partial charge >= 0.3 is 0 Å². The number of aromatic nitrogens is 2. The van der Waals surface area contributed by atoms with Crippen LogP contribution in [0.25, 0.3) is 0 Å². The highest BCUT2D eigenvalue weighted by molar-refractivity contribution is 7.99. The Bertz CT molecular complexity index is 1270. The number of hydrogen-bond acceptors (Lipinski definition) is 8. The van der Waals surface area contributed by atoms with Gasteiger partial charge in [-0.15, -0.1) is 0 Å². The summed E-state index contributed by atoms with van der Waals surface area (Å²) in [4.78, 5) is 20.3. The van der Waals surface area contributed by atoms with E-state index in [4.69, 9.17) is 22.1 Å². The van der Waals surface area contributed by atoms with Crippen molar-refractivity contribution in [1.82, 2.24) is 9.97 Å². The molecule has 3 N–H and O–H groups in total. The van der Waals surface area contributed by atoms with Crippen LogP contribution in [-0.4, -0.2) is 37.2 Å². The first kappa shape index (κ1) is 24.8. The van der Waals surface area contributed by atoms with Crippen LogP contribution < -0.4 is 15.8 Å². The lowest BCUT2D eigenvalue weighted by Gasteiger charge is -2.10. The molecule has 0 atom stereocenters. The van der Waals surface area contributed by atoms with E-state index in [9.17, 15) is 13.2 Å². The van der Waals surface area contributed by atoms with Gasteiger partial charge in [0.1, 0.15) is 16.5 Å². The zero-order chi connectivity index (χ0) is 24.2.